The third kappa shape index (κ3) is 34.6. The molecule has 0 bridgehead atoms. The van der Waals surface area contributed by atoms with Crippen molar-refractivity contribution in [3.63, 3.8) is 0 Å². The number of aliphatic hydroxyl groups is 4. The number of halogens is 14. The number of alkyl halides is 3. The normalized spacial score (nSPS) is 27.1. The molecule has 0 amide bonds. The second-order valence-corrected chi connectivity index (χ2v) is 36.0. The molecule has 7 N–H and O–H groups in total. The van der Waals surface area contributed by atoms with Crippen molar-refractivity contribution in [2.75, 3.05) is 64.3 Å². The standard InChI is InChI=1S/C16H23Cl2NO.C15H21Cl2NO.C14H19Cl2NO.C14H15Cl2NO.C8H11NO.C7H9NO.C6H3Cl2.C4H8O.CH2Cl2.CH3I.CH4.B.BrH.Mg.Na.H/c1-15(11-19(2)3)8-4-5-9-16(15,20)12-6-7-13(17)14(18)10-12;1-14(10-18-2)7-3-4-8-15(14,19)11-5-6-12(16)13(17)9-11;2*1-13(9-17)6-2-3-7-14(13,18)10-4-5-11(15)12(16)8-10;1-8(6-9)5-3-2-4-7(8)10;8-5-6-3-1-2-4-7(6)9;7-5-3-1-2-4-6(5)8;1-2-4-5-3-1;2-1-3;1-2;;;;;;/h6-7,10,20H,4-5,8-9,11H2,1-3H3;5-6,9,18-19H,3-4,7-8,10H2,1-2H3;4-5,8,18H,2-3,6-7,9,17H2,1H3;4-5,8,18H,2-3,6-7H2,1H3;2-5H2,1H3;6H,1-4H2;1,3-4H;1-4H2;1H2;1H3;1H4;;1H;;;/q;;;;;;-1;;;;;;;+2;+1;-1/p-1/t15-,16+;14-,15+;2*13-,14+;;;;;;;;;;;;/m0000............/s1. The molecule has 1 saturated heterocycles. The van der Waals surface area contributed by atoms with Crippen molar-refractivity contribution in [3.05, 3.63) is 170 Å². The predicted molar refractivity (Wildman–Crippen MR) is 496 cm³/mol. The molecule has 7 fully saturated rings. The molecular formula is C87H119BBrCl12IMgN6NaO7. The van der Waals surface area contributed by atoms with E-state index >= 15 is 0 Å². The number of hydrogen-bond acceptors (Lipinski definition) is 13. The minimum atomic E-state index is -1.14. The number of nitrogens with zero attached hydrogens (tertiary/aromatic N) is 4. The molecule has 3 radical (unpaired) electrons. The van der Waals surface area contributed by atoms with Gasteiger partial charge in [0.25, 0.3) is 0 Å². The molecule has 2 unspecified atom stereocenters. The van der Waals surface area contributed by atoms with Crippen LogP contribution in [0.4, 0.5) is 0 Å². The molecule has 117 heavy (non-hydrogen) atoms. The molecule has 6 aliphatic carbocycles. The average Bonchev–Trinajstić information content (AvgIpc) is 0.822. The molecule has 7 aliphatic rings. The number of ketones is 2. The van der Waals surface area contributed by atoms with Crippen molar-refractivity contribution in [1.29, 1.82) is 15.8 Å². The summed E-state index contributed by atoms with van der Waals surface area (Å²) < 4.78 is 4.94. The van der Waals surface area contributed by atoms with Crippen molar-refractivity contribution in [3.8, 4) is 18.2 Å². The number of nitrogens with two attached hydrogens (primary N) is 1. The van der Waals surface area contributed by atoms with Gasteiger partial charge in [0, 0.05) is 70.3 Å². The number of ether oxygens (including phenoxy) is 1. The molecule has 10 atom stereocenters. The minimum absolute atomic E-state index is 0. The Balaban J connectivity index is -0.000000635. The zero-order valence-corrected chi connectivity index (χ0v) is 85.0. The van der Waals surface area contributed by atoms with Crippen LogP contribution in [0, 0.1) is 73.1 Å². The summed E-state index contributed by atoms with van der Waals surface area (Å²) in [7, 11) is 6.03. The van der Waals surface area contributed by atoms with E-state index in [1.807, 2.05) is 55.3 Å². The zero-order valence-electron chi connectivity index (χ0n) is 69.8. The van der Waals surface area contributed by atoms with E-state index in [1.54, 1.807) is 67.6 Å². The number of benzene rings is 5. The van der Waals surface area contributed by atoms with E-state index in [4.69, 9.17) is 160 Å². The SMILES string of the molecule is C.C1CCOC1.CC1(C#N)CCCCC1=O.CI.CN(C)C[C@]1(C)CCCC[C@@]1(O)c1ccc(Cl)c(Cl)c1.CNC[C@]1(C)CCCC[C@@]1(O)c1ccc(Cl)c(Cl)c1.C[C@@]1(C#N)CCCC[C@@]1(O)c1ccc(Cl)c(Cl)c1.C[C@@]1(CN)CCCC[C@@]1(O)c1ccc(Cl)c(Cl)c1.ClCCl.Clc1c[c-]ccc1Cl.N#CC1CCCCC1=O.[B].[Br-].[H-].[Mg+2].[Na+]. The maximum atomic E-state index is 11.4. The van der Waals surface area contributed by atoms with Crippen LogP contribution in [0.2, 0.25) is 50.2 Å². The van der Waals surface area contributed by atoms with E-state index in [2.05, 4.69) is 85.9 Å². The van der Waals surface area contributed by atoms with Crippen LogP contribution in [0.5, 0.6) is 0 Å². The van der Waals surface area contributed by atoms with Crippen LogP contribution < -0.4 is 57.6 Å². The van der Waals surface area contributed by atoms with Crippen LogP contribution in [0.1, 0.15) is 233 Å². The van der Waals surface area contributed by atoms with E-state index in [-0.39, 0.29) is 126 Å². The third-order valence-corrected chi connectivity index (χ3v) is 26.6. The van der Waals surface area contributed by atoms with Crippen LogP contribution in [-0.4, -0.2) is 133 Å². The van der Waals surface area contributed by atoms with Crippen molar-refractivity contribution >= 4 is 205 Å². The molecule has 5 aromatic rings. The molecule has 30 heteroatoms. The van der Waals surface area contributed by atoms with Gasteiger partial charge in [-0.15, -0.1) is 34.8 Å². The van der Waals surface area contributed by atoms with Crippen LogP contribution in [0.15, 0.2) is 91.0 Å². The fourth-order valence-corrected chi connectivity index (χ4v) is 17.2. The number of rotatable bonds is 9. The average molecular weight is 2050 g/mol. The summed E-state index contributed by atoms with van der Waals surface area (Å²) in [5.74, 6) is -0.0104. The van der Waals surface area contributed by atoms with E-state index in [1.165, 1.54) is 12.8 Å². The summed E-state index contributed by atoms with van der Waals surface area (Å²) in [6.45, 7) is 14.0. The summed E-state index contributed by atoms with van der Waals surface area (Å²) in [6.07, 6.45) is 24.2. The smallest absolute Gasteiger partial charge is 1.00 e. The number of nitriles is 3. The van der Waals surface area contributed by atoms with E-state index in [0.717, 1.165) is 171 Å². The Kier molecular flexibility index (Phi) is 61.4. The second kappa shape index (κ2) is 59.3. The van der Waals surface area contributed by atoms with E-state index in [9.17, 15) is 35.3 Å². The number of hydrogen-bond donors (Lipinski definition) is 6. The van der Waals surface area contributed by atoms with Crippen LogP contribution in [-0.2, 0) is 36.7 Å². The number of Topliss-reactive ketones (excluding diaryl/α,β-unsaturated/α-hetero) is 2. The van der Waals surface area contributed by atoms with Gasteiger partial charge >= 0.3 is 52.6 Å². The minimum Gasteiger partial charge on any atom is -1.00 e. The summed E-state index contributed by atoms with van der Waals surface area (Å²) in [4.78, 5) is 26.0. The summed E-state index contributed by atoms with van der Waals surface area (Å²) in [6, 6.07) is 35.6. The van der Waals surface area contributed by atoms with Gasteiger partial charge in [0.1, 0.15) is 22.7 Å². The molecule has 5 aromatic carbocycles. The van der Waals surface area contributed by atoms with Gasteiger partial charge < -0.3 is 59.5 Å². The van der Waals surface area contributed by atoms with Gasteiger partial charge in [-0.05, 0) is 201 Å². The number of carbonyl (C=O) groups is 2. The molecule has 13 nitrogen and oxygen atoms in total. The fourth-order valence-electron chi connectivity index (χ4n) is 15.8. The molecule has 1 aliphatic heterocycles. The molecule has 0 spiro atoms. The Morgan fingerprint density at radius 3 is 1.21 bits per heavy atom. The van der Waals surface area contributed by atoms with Gasteiger partial charge in [0.15, 0.2) is 5.78 Å². The monoisotopic (exact) mass is 2040 g/mol. The van der Waals surface area contributed by atoms with E-state index < -0.39 is 33.2 Å². The van der Waals surface area contributed by atoms with Crippen molar-refractivity contribution in [1.82, 2.24) is 10.2 Å². The number of nitrogens with one attached hydrogen (secondary N) is 1. The predicted octanol–water partition coefficient (Wildman–Crippen LogP) is 19.3. The first kappa shape index (κ1) is 121. The topological polar surface area (TPSA) is 237 Å². The van der Waals surface area contributed by atoms with Gasteiger partial charge in [-0.2, -0.15) is 51.7 Å². The second-order valence-electron chi connectivity index (χ2n) is 31.1. The van der Waals surface area contributed by atoms with Gasteiger partial charge in [-0.25, -0.2) is 0 Å². The van der Waals surface area contributed by atoms with Gasteiger partial charge in [-0.3, -0.25) is 9.59 Å². The number of carbonyl (C=O) groups excluding carboxylic acids is 2. The Bertz CT molecular complexity index is 3890. The van der Waals surface area contributed by atoms with E-state index in [0.29, 0.717) is 88.0 Å². The zero-order chi connectivity index (χ0) is 84.4. The molecule has 6 saturated carbocycles. The molecule has 12 rings (SSSR count). The third-order valence-electron chi connectivity index (χ3n) is 22.9. The molecule has 643 valence electrons. The van der Waals surface area contributed by atoms with Crippen LogP contribution >= 0.6 is 162 Å². The quantitative estimate of drug-likeness (QED) is 0.0349. The Hall–Kier alpha value is 0.111. The summed E-state index contributed by atoms with van der Waals surface area (Å²) in [5.41, 5.74) is 3.33. The first-order chi connectivity index (χ1) is 52.8. The van der Waals surface area contributed by atoms with Crippen molar-refractivity contribution in [2.45, 2.75) is 231 Å². The maximum Gasteiger partial charge on any atom is 2.00 e. The van der Waals surface area contributed by atoms with Crippen molar-refractivity contribution < 1.29 is 82.7 Å². The van der Waals surface area contributed by atoms with Crippen LogP contribution in [0.3, 0.4) is 0 Å². The van der Waals surface area contributed by atoms with Crippen molar-refractivity contribution in [2.24, 2.45) is 38.7 Å². The fraction of sp³-hybridized carbons (Fsp3) is 0.598. The van der Waals surface area contributed by atoms with Gasteiger partial charge in [0.2, 0.25) is 0 Å². The van der Waals surface area contributed by atoms with Gasteiger partial charge in [-0.1, -0.05) is 242 Å². The first-order valence-electron chi connectivity index (χ1n) is 38.2. The first-order valence-corrected chi connectivity index (χ1v) is 45.2. The maximum absolute atomic E-state index is 11.4. The van der Waals surface area contributed by atoms with Crippen LogP contribution in [0.25, 0.3) is 0 Å². The Morgan fingerprint density at radius 1 is 0.530 bits per heavy atom. The summed E-state index contributed by atoms with van der Waals surface area (Å²) in [5, 5.41) is 79.6. The Morgan fingerprint density at radius 2 is 0.889 bits per heavy atom. The molecular weight excluding hydrogens is 1930 g/mol. The van der Waals surface area contributed by atoms with Gasteiger partial charge in [0.05, 0.1) is 85.9 Å². The molecule has 1 heterocycles. The molecule has 0 aromatic heterocycles. The largest absolute Gasteiger partial charge is 2.00 e. The summed E-state index contributed by atoms with van der Waals surface area (Å²) >= 11 is 70.9. The Labute approximate surface area is 826 Å².